The molecule has 0 aliphatic carbocycles. The number of hydrogen-bond acceptors (Lipinski definition) is 4. The van der Waals surface area contributed by atoms with Crippen molar-refractivity contribution in [2.45, 2.75) is 39.7 Å². The van der Waals surface area contributed by atoms with Gasteiger partial charge in [-0.3, -0.25) is 10.1 Å². The molecule has 112 valence electrons. The molecule has 5 heteroatoms. The van der Waals surface area contributed by atoms with Crippen molar-refractivity contribution >= 4 is 22.3 Å². The minimum absolute atomic E-state index is 0.0472. The highest BCUT2D eigenvalue weighted by Gasteiger charge is 2.16. The van der Waals surface area contributed by atoms with Crippen molar-refractivity contribution in [3.8, 4) is 0 Å². The summed E-state index contributed by atoms with van der Waals surface area (Å²) in [6, 6.07) is 7.28. The van der Waals surface area contributed by atoms with E-state index in [1.807, 2.05) is 6.07 Å². The van der Waals surface area contributed by atoms with E-state index in [1.165, 1.54) is 6.07 Å². The number of aromatic nitrogens is 1. The minimum atomic E-state index is -0.388. The van der Waals surface area contributed by atoms with Gasteiger partial charge in [0.15, 0.2) is 0 Å². The Morgan fingerprint density at radius 3 is 2.67 bits per heavy atom. The van der Waals surface area contributed by atoms with Crippen molar-refractivity contribution in [1.82, 2.24) is 4.98 Å². The van der Waals surface area contributed by atoms with E-state index in [4.69, 9.17) is 0 Å². The van der Waals surface area contributed by atoms with Gasteiger partial charge in [-0.1, -0.05) is 13.8 Å². The van der Waals surface area contributed by atoms with Crippen LogP contribution < -0.4 is 5.32 Å². The topological polar surface area (TPSA) is 68.1 Å². The number of nitro groups is 1. The van der Waals surface area contributed by atoms with Gasteiger partial charge in [-0.15, -0.1) is 0 Å². The standard InChI is InChI=1S/C16H21N3O2/c1-11(2)6-7-12(3)18-14-8-9-15(19(20)21)16-13(14)5-4-10-17-16/h4-5,8-12,18H,6-7H2,1-3H3. The summed E-state index contributed by atoms with van der Waals surface area (Å²) in [5.74, 6) is 0.671. The second-order valence-corrected chi connectivity index (χ2v) is 5.81. The van der Waals surface area contributed by atoms with Crippen molar-refractivity contribution in [2.24, 2.45) is 5.92 Å². The fourth-order valence-electron chi connectivity index (χ4n) is 2.35. The zero-order chi connectivity index (χ0) is 15.4. The number of hydrogen-bond donors (Lipinski definition) is 1. The Kier molecular flexibility index (Phi) is 4.73. The fourth-order valence-corrected chi connectivity index (χ4v) is 2.35. The maximum Gasteiger partial charge on any atom is 0.295 e. The van der Waals surface area contributed by atoms with Gasteiger partial charge in [-0.2, -0.15) is 0 Å². The molecule has 5 nitrogen and oxygen atoms in total. The summed E-state index contributed by atoms with van der Waals surface area (Å²) in [6.45, 7) is 6.54. The van der Waals surface area contributed by atoms with Crippen LogP contribution in [0, 0.1) is 16.0 Å². The maximum atomic E-state index is 11.1. The molecular formula is C16H21N3O2. The highest BCUT2D eigenvalue weighted by Crippen LogP contribution is 2.30. The van der Waals surface area contributed by atoms with Crippen molar-refractivity contribution in [2.75, 3.05) is 5.32 Å². The van der Waals surface area contributed by atoms with Crippen molar-refractivity contribution in [1.29, 1.82) is 0 Å². The van der Waals surface area contributed by atoms with Gasteiger partial charge in [0, 0.05) is 29.4 Å². The van der Waals surface area contributed by atoms with Crippen LogP contribution in [-0.4, -0.2) is 15.9 Å². The molecule has 0 fully saturated rings. The van der Waals surface area contributed by atoms with Crippen LogP contribution >= 0.6 is 0 Å². The van der Waals surface area contributed by atoms with E-state index in [0.29, 0.717) is 17.5 Å². The summed E-state index contributed by atoms with van der Waals surface area (Å²) in [5, 5.41) is 15.3. The molecule has 1 aromatic carbocycles. The third-order valence-electron chi connectivity index (χ3n) is 3.52. The third kappa shape index (κ3) is 3.68. The summed E-state index contributed by atoms with van der Waals surface area (Å²) in [4.78, 5) is 14.8. The Hall–Kier alpha value is -2.17. The molecular weight excluding hydrogens is 266 g/mol. The molecule has 2 aromatic rings. The van der Waals surface area contributed by atoms with E-state index in [2.05, 4.69) is 31.1 Å². The second-order valence-electron chi connectivity index (χ2n) is 5.81. The number of pyridine rings is 1. The first-order valence-corrected chi connectivity index (χ1v) is 7.27. The van der Waals surface area contributed by atoms with Crippen LogP contribution in [0.25, 0.3) is 10.9 Å². The van der Waals surface area contributed by atoms with Crippen molar-refractivity contribution < 1.29 is 4.92 Å². The Morgan fingerprint density at radius 2 is 2.00 bits per heavy atom. The molecule has 0 aliphatic rings. The zero-order valence-corrected chi connectivity index (χ0v) is 12.7. The number of nitrogens with one attached hydrogen (secondary N) is 1. The molecule has 0 bridgehead atoms. The van der Waals surface area contributed by atoms with Gasteiger partial charge in [-0.05, 0) is 43.9 Å². The van der Waals surface area contributed by atoms with Crippen LogP contribution in [-0.2, 0) is 0 Å². The Labute approximate surface area is 124 Å². The normalized spacial score (nSPS) is 12.6. The summed E-state index contributed by atoms with van der Waals surface area (Å²) >= 11 is 0. The zero-order valence-electron chi connectivity index (χ0n) is 12.7. The Balaban J connectivity index is 2.29. The molecule has 0 saturated heterocycles. The smallest absolute Gasteiger partial charge is 0.295 e. The lowest BCUT2D eigenvalue weighted by molar-refractivity contribution is -0.383. The van der Waals surface area contributed by atoms with Gasteiger partial charge in [0.25, 0.3) is 5.69 Å². The molecule has 0 radical (unpaired) electrons. The minimum Gasteiger partial charge on any atom is -0.382 e. The number of benzene rings is 1. The number of non-ortho nitro benzene ring substituents is 1. The predicted molar refractivity (Wildman–Crippen MR) is 85.6 cm³/mol. The number of fused-ring (bicyclic) bond motifs is 1. The monoisotopic (exact) mass is 287 g/mol. The lowest BCUT2D eigenvalue weighted by atomic mass is 10.0. The molecule has 21 heavy (non-hydrogen) atoms. The summed E-state index contributed by atoms with van der Waals surface area (Å²) < 4.78 is 0. The fraction of sp³-hybridized carbons (Fsp3) is 0.438. The summed E-state index contributed by atoms with van der Waals surface area (Å²) in [5.41, 5.74) is 1.38. The van der Waals surface area contributed by atoms with E-state index in [1.54, 1.807) is 18.3 Å². The first-order valence-electron chi connectivity index (χ1n) is 7.27. The van der Waals surface area contributed by atoms with Gasteiger partial charge < -0.3 is 5.32 Å². The molecule has 0 saturated carbocycles. The van der Waals surface area contributed by atoms with E-state index < -0.39 is 0 Å². The SMILES string of the molecule is CC(C)CCC(C)Nc1ccc([N+](=O)[O-])c2ncccc12. The van der Waals surface area contributed by atoms with E-state index in [0.717, 1.165) is 23.9 Å². The number of nitrogens with zero attached hydrogens (tertiary/aromatic N) is 2. The molecule has 1 N–H and O–H groups in total. The van der Waals surface area contributed by atoms with Gasteiger partial charge in [-0.25, -0.2) is 4.98 Å². The molecule has 1 heterocycles. The van der Waals surface area contributed by atoms with Gasteiger partial charge >= 0.3 is 0 Å². The van der Waals surface area contributed by atoms with Crippen LogP contribution in [0.4, 0.5) is 11.4 Å². The quantitative estimate of drug-likeness (QED) is 0.632. The molecule has 0 aliphatic heterocycles. The first-order chi connectivity index (χ1) is 9.99. The van der Waals surface area contributed by atoms with Crippen molar-refractivity contribution in [3.05, 3.63) is 40.6 Å². The first kappa shape index (κ1) is 15.2. The number of anilines is 1. The van der Waals surface area contributed by atoms with E-state index in [-0.39, 0.29) is 10.6 Å². The highest BCUT2D eigenvalue weighted by atomic mass is 16.6. The van der Waals surface area contributed by atoms with E-state index in [9.17, 15) is 10.1 Å². The average Bonchev–Trinajstić information content (AvgIpc) is 2.45. The van der Waals surface area contributed by atoms with E-state index >= 15 is 0 Å². The maximum absolute atomic E-state index is 11.1. The van der Waals surface area contributed by atoms with Gasteiger partial charge in [0.05, 0.1) is 4.92 Å². The molecule has 1 unspecified atom stereocenters. The van der Waals surface area contributed by atoms with Crippen LogP contribution in [0.3, 0.4) is 0 Å². The molecule has 1 aromatic heterocycles. The van der Waals surface area contributed by atoms with Crippen molar-refractivity contribution in [3.63, 3.8) is 0 Å². The van der Waals surface area contributed by atoms with Gasteiger partial charge in [0.1, 0.15) is 5.52 Å². The van der Waals surface area contributed by atoms with Crippen LogP contribution in [0.1, 0.15) is 33.6 Å². The molecule has 1 atom stereocenters. The van der Waals surface area contributed by atoms with Gasteiger partial charge in [0.2, 0.25) is 0 Å². The predicted octanol–water partition coefficient (Wildman–Crippen LogP) is 4.38. The summed E-state index contributed by atoms with van der Waals surface area (Å²) in [7, 11) is 0. The summed E-state index contributed by atoms with van der Waals surface area (Å²) in [6.07, 6.45) is 3.80. The second kappa shape index (κ2) is 6.52. The molecule has 0 spiro atoms. The van der Waals surface area contributed by atoms with Crippen LogP contribution in [0.2, 0.25) is 0 Å². The molecule has 0 amide bonds. The average molecular weight is 287 g/mol. The van der Waals surface area contributed by atoms with Crippen LogP contribution in [0.5, 0.6) is 0 Å². The molecule has 2 rings (SSSR count). The lowest BCUT2D eigenvalue weighted by Crippen LogP contribution is -2.16. The van der Waals surface area contributed by atoms with Crippen LogP contribution in [0.15, 0.2) is 30.5 Å². The Bertz CT molecular complexity index is 640. The largest absolute Gasteiger partial charge is 0.382 e. The number of rotatable bonds is 6. The lowest BCUT2D eigenvalue weighted by Gasteiger charge is -2.17. The Morgan fingerprint density at radius 1 is 1.24 bits per heavy atom. The third-order valence-corrected chi connectivity index (χ3v) is 3.52. The highest BCUT2D eigenvalue weighted by molar-refractivity contribution is 5.96. The number of nitro benzene ring substituents is 1.